The molecule has 132 valence electrons. The third kappa shape index (κ3) is 4.44. The second kappa shape index (κ2) is 8.64. The van der Waals surface area contributed by atoms with Crippen molar-refractivity contribution in [1.29, 1.82) is 0 Å². The Hall–Kier alpha value is -1.14. The fraction of sp³-hybridized carbons (Fsp3) is 0.765. The Balaban J connectivity index is 3.01. The van der Waals surface area contributed by atoms with E-state index in [2.05, 4.69) is 27.4 Å². The molecule has 0 aliphatic carbocycles. The van der Waals surface area contributed by atoms with Crippen LogP contribution in [0, 0.1) is 5.92 Å². The van der Waals surface area contributed by atoms with Gasteiger partial charge in [0.05, 0.1) is 6.04 Å². The number of hydrogen-bond acceptors (Lipinski definition) is 4. The first-order valence-electron chi connectivity index (χ1n) is 8.64. The summed E-state index contributed by atoms with van der Waals surface area (Å²) in [7, 11) is -1.95. The van der Waals surface area contributed by atoms with Gasteiger partial charge in [-0.05, 0) is 30.5 Å². The summed E-state index contributed by atoms with van der Waals surface area (Å²) in [4.78, 5) is 26.2. The molecule has 0 N–H and O–H groups in total. The third-order valence-electron chi connectivity index (χ3n) is 4.89. The summed E-state index contributed by atoms with van der Waals surface area (Å²) in [5.74, 6) is -0.126. The smallest absolute Gasteiger partial charge is 0.417 e. The van der Waals surface area contributed by atoms with Crippen molar-refractivity contribution in [2.75, 3.05) is 6.61 Å². The molecular weight excluding hydrogens is 310 g/mol. The lowest BCUT2D eigenvalue weighted by Crippen LogP contribution is -2.51. The van der Waals surface area contributed by atoms with E-state index in [9.17, 15) is 9.59 Å². The lowest BCUT2D eigenvalue weighted by molar-refractivity contribution is -0.137. The minimum atomic E-state index is -1.95. The zero-order chi connectivity index (χ0) is 17.6. The molecule has 1 aliphatic rings. The third-order valence-corrected chi connectivity index (χ3v) is 9.54. The molecule has 0 aromatic rings. The van der Waals surface area contributed by atoms with Gasteiger partial charge in [0, 0.05) is 0 Å². The van der Waals surface area contributed by atoms with Crippen LogP contribution in [0.4, 0.5) is 4.79 Å². The van der Waals surface area contributed by atoms with E-state index in [1.807, 2.05) is 13.8 Å². The van der Waals surface area contributed by atoms with E-state index in [-0.39, 0.29) is 24.5 Å². The molecule has 0 spiro atoms. The van der Waals surface area contributed by atoms with Gasteiger partial charge in [-0.25, -0.2) is 9.69 Å². The molecular formula is C17H31NO4Si. The summed E-state index contributed by atoms with van der Waals surface area (Å²) in [6, 6.07) is 2.66. The highest BCUT2D eigenvalue weighted by Crippen LogP contribution is 2.27. The van der Waals surface area contributed by atoms with E-state index in [0.717, 1.165) is 18.1 Å². The summed E-state index contributed by atoms with van der Waals surface area (Å²) in [5, 5.41) is 0. The summed E-state index contributed by atoms with van der Waals surface area (Å²) in [6.45, 7) is 14.3. The van der Waals surface area contributed by atoms with Crippen LogP contribution < -0.4 is 0 Å². The lowest BCUT2D eigenvalue weighted by atomic mass is 10.0. The molecule has 1 saturated heterocycles. The first-order valence-corrected chi connectivity index (χ1v) is 11.2. The van der Waals surface area contributed by atoms with Crippen molar-refractivity contribution in [3.05, 3.63) is 12.7 Å². The maximum Gasteiger partial charge on any atom is 0.417 e. The van der Waals surface area contributed by atoms with Gasteiger partial charge in [-0.2, -0.15) is 0 Å². The number of ether oxygens (including phenoxy) is 1. The number of amides is 2. The monoisotopic (exact) mass is 341 g/mol. The van der Waals surface area contributed by atoms with Gasteiger partial charge in [-0.3, -0.25) is 4.79 Å². The zero-order valence-corrected chi connectivity index (χ0v) is 16.1. The molecule has 0 aromatic heterocycles. The molecule has 5 nitrogen and oxygen atoms in total. The Morgan fingerprint density at radius 3 is 2.39 bits per heavy atom. The first kappa shape index (κ1) is 19.9. The molecule has 2 amide bonds. The van der Waals surface area contributed by atoms with Crippen molar-refractivity contribution >= 4 is 20.3 Å². The molecule has 0 bridgehead atoms. The van der Waals surface area contributed by atoms with Gasteiger partial charge in [0.2, 0.25) is 0 Å². The van der Waals surface area contributed by atoms with Crippen molar-refractivity contribution in [2.45, 2.75) is 71.3 Å². The summed E-state index contributed by atoms with van der Waals surface area (Å²) < 4.78 is 11.4. The average Bonchev–Trinajstić information content (AvgIpc) is 2.93. The van der Waals surface area contributed by atoms with E-state index >= 15 is 0 Å². The van der Waals surface area contributed by atoms with Crippen LogP contribution in [-0.2, 0) is 14.0 Å². The number of nitrogens with zero attached hydrogens (tertiary/aromatic N) is 1. The van der Waals surface area contributed by atoms with Crippen molar-refractivity contribution in [3.63, 3.8) is 0 Å². The summed E-state index contributed by atoms with van der Waals surface area (Å²) >= 11 is 0. The number of carbonyl (C=O) groups excluding carboxylic acids is 2. The Morgan fingerprint density at radius 2 is 1.96 bits per heavy atom. The number of carbonyl (C=O) groups is 2. The van der Waals surface area contributed by atoms with Crippen LogP contribution in [0.1, 0.15) is 41.0 Å². The second-order valence-corrected chi connectivity index (χ2v) is 11.2. The number of hydrogen-bond donors (Lipinski definition) is 0. The summed E-state index contributed by atoms with van der Waals surface area (Å²) in [5.41, 5.74) is 0. The first-order chi connectivity index (χ1) is 10.9. The molecule has 23 heavy (non-hydrogen) atoms. The quantitative estimate of drug-likeness (QED) is 0.470. The normalized spacial score (nSPS) is 19.8. The van der Waals surface area contributed by atoms with Crippen LogP contribution in [0.2, 0.25) is 18.1 Å². The molecule has 6 heteroatoms. The fourth-order valence-electron chi connectivity index (χ4n) is 2.99. The predicted molar refractivity (Wildman–Crippen MR) is 93.7 cm³/mol. The zero-order valence-electron chi connectivity index (χ0n) is 15.1. The fourth-order valence-corrected chi connectivity index (χ4v) is 5.79. The Bertz CT molecular complexity index is 426. The van der Waals surface area contributed by atoms with Gasteiger partial charge in [0.1, 0.15) is 12.7 Å². The maximum absolute atomic E-state index is 13.0. The van der Waals surface area contributed by atoms with Crippen molar-refractivity contribution in [1.82, 2.24) is 4.90 Å². The van der Waals surface area contributed by atoms with E-state index in [1.165, 1.54) is 4.90 Å². The molecule has 0 unspecified atom stereocenters. The van der Waals surface area contributed by atoms with Crippen LogP contribution in [-0.4, -0.2) is 44.0 Å². The standard InChI is InChI=1S/C17H31NO4Si/c1-7-11-15(22-23(8-2,9-3)10-4)16(19)18-14(13(5)6)12-21-17(18)20/h7,13-15H,1,8-12H2,2-6H3/t14-,15-/m1/s1. The minimum absolute atomic E-state index is 0.153. The molecule has 1 rings (SSSR count). The van der Waals surface area contributed by atoms with Crippen molar-refractivity contribution in [2.24, 2.45) is 5.92 Å². The van der Waals surface area contributed by atoms with Gasteiger partial charge in [-0.1, -0.05) is 40.7 Å². The van der Waals surface area contributed by atoms with Gasteiger partial charge in [0.15, 0.2) is 8.32 Å². The van der Waals surface area contributed by atoms with Crippen LogP contribution in [0.15, 0.2) is 12.7 Å². The Kier molecular flexibility index (Phi) is 7.47. The SMILES string of the molecule is C=CC[C@@H](O[Si](CC)(CC)CC)C(=O)N1C(=O)OC[C@@H]1C(C)C. The highest BCUT2D eigenvalue weighted by atomic mass is 28.4. The molecule has 1 aliphatic heterocycles. The molecule has 0 radical (unpaired) electrons. The van der Waals surface area contributed by atoms with Gasteiger partial charge >= 0.3 is 6.09 Å². The number of cyclic esters (lactones) is 1. The van der Waals surface area contributed by atoms with E-state index in [4.69, 9.17) is 9.16 Å². The van der Waals surface area contributed by atoms with Gasteiger partial charge in [0.25, 0.3) is 5.91 Å². The lowest BCUT2D eigenvalue weighted by Gasteiger charge is -2.34. The Labute approximate surface area is 141 Å². The molecule has 2 atom stereocenters. The molecule has 1 fully saturated rings. The van der Waals surface area contributed by atoms with Crippen LogP contribution in [0.25, 0.3) is 0 Å². The van der Waals surface area contributed by atoms with Gasteiger partial charge < -0.3 is 9.16 Å². The highest BCUT2D eigenvalue weighted by molar-refractivity contribution is 6.73. The van der Waals surface area contributed by atoms with E-state index in [0.29, 0.717) is 6.42 Å². The van der Waals surface area contributed by atoms with E-state index < -0.39 is 20.5 Å². The average molecular weight is 342 g/mol. The van der Waals surface area contributed by atoms with Crippen molar-refractivity contribution in [3.8, 4) is 0 Å². The van der Waals surface area contributed by atoms with Crippen LogP contribution in [0.5, 0.6) is 0 Å². The maximum atomic E-state index is 13.0. The van der Waals surface area contributed by atoms with Crippen LogP contribution in [0.3, 0.4) is 0 Å². The number of imide groups is 1. The molecule has 0 aromatic carbocycles. The Morgan fingerprint density at radius 1 is 1.39 bits per heavy atom. The minimum Gasteiger partial charge on any atom is -0.447 e. The number of rotatable bonds is 9. The highest BCUT2D eigenvalue weighted by Gasteiger charge is 2.44. The second-order valence-electron chi connectivity index (χ2n) is 6.47. The predicted octanol–water partition coefficient (Wildman–Crippen LogP) is 3.96. The largest absolute Gasteiger partial charge is 0.447 e. The molecule has 1 heterocycles. The van der Waals surface area contributed by atoms with Crippen molar-refractivity contribution < 1.29 is 18.8 Å². The molecule has 0 saturated carbocycles. The summed E-state index contributed by atoms with van der Waals surface area (Å²) in [6.07, 6.45) is 0.922. The van der Waals surface area contributed by atoms with E-state index in [1.54, 1.807) is 6.08 Å². The topological polar surface area (TPSA) is 55.8 Å². The van der Waals surface area contributed by atoms with Crippen LogP contribution >= 0.6 is 0 Å². The van der Waals surface area contributed by atoms with Gasteiger partial charge in [-0.15, -0.1) is 6.58 Å².